The van der Waals surface area contributed by atoms with Crippen molar-refractivity contribution in [2.75, 3.05) is 7.05 Å². The van der Waals surface area contributed by atoms with Crippen LogP contribution < -0.4 is 0 Å². The first-order valence-corrected chi connectivity index (χ1v) is 8.10. The van der Waals surface area contributed by atoms with Crippen molar-refractivity contribution >= 4 is 5.91 Å². The lowest BCUT2D eigenvalue weighted by Gasteiger charge is -2.36. The third kappa shape index (κ3) is 3.63. The van der Waals surface area contributed by atoms with Crippen molar-refractivity contribution in [1.82, 2.24) is 14.7 Å². The van der Waals surface area contributed by atoms with Crippen LogP contribution in [0.15, 0.2) is 30.3 Å². The van der Waals surface area contributed by atoms with Gasteiger partial charge in [0.2, 0.25) is 0 Å². The SMILES string of the molecule is CC.Cc1c(C(=O)N(C)C(C)(C)c2ccccc2)nn(C)c1C. The summed E-state index contributed by atoms with van der Waals surface area (Å²) in [6, 6.07) is 10.0. The fourth-order valence-electron chi connectivity index (χ4n) is 2.37. The lowest BCUT2D eigenvalue weighted by molar-refractivity contribution is 0.0614. The summed E-state index contributed by atoms with van der Waals surface area (Å²) in [5.74, 6) is -0.0509. The molecule has 0 N–H and O–H groups in total. The minimum absolute atomic E-state index is 0.0509. The van der Waals surface area contributed by atoms with Gasteiger partial charge in [0, 0.05) is 25.4 Å². The van der Waals surface area contributed by atoms with E-state index in [4.69, 9.17) is 0 Å². The number of carbonyl (C=O) groups excluding carboxylic acids is 1. The molecule has 0 saturated carbocycles. The molecule has 4 heteroatoms. The van der Waals surface area contributed by atoms with Crippen molar-refractivity contribution in [3.05, 3.63) is 52.8 Å². The molecule has 4 nitrogen and oxygen atoms in total. The van der Waals surface area contributed by atoms with E-state index >= 15 is 0 Å². The third-order valence-electron chi connectivity index (χ3n) is 4.46. The average Bonchev–Trinajstić information content (AvgIpc) is 2.83. The summed E-state index contributed by atoms with van der Waals surface area (Å²) in [7, 11) is 3.69. The fourth-order valence-corrected chi connectivity index (χ4v) is 2.37. The molecule has 126 valence electrons. The van der Waals surface area contributed by atoms with Gasteiger partial charge in [-0.2, -0.15) is 5.10 Å². The zero-order valence-electron chi connectivity index (χ0n) is 15.6. The third-order valence-corrected chi connectivity index (χ3v) is 4.46. The van der Waals surface area contributed by atoms with Gasteiger partial charge in [-0.15, -0.1) is 0 Å². The lowest BCUT2D eigenvalue weighted by Crippen LogP contribution is -2.43. The van der Waals surface area contributed by atoms with Crippen molar-refractivity contribution in [1.29, 1.82) is 0 Å². The highest BCUT2D eigenvalue weighted by atomic mass is 16.2. The number of carbonyl (C=O) groups is 1. The van der Waals surface area contributed by atoms with E-state index < -0.39 is 5.54 Å². The molecule has 23 heavy (non-hydrogen) atoms. The molecule has 1 aromatic heterocycles. The number of rotatable bonds is 3. The van der Waals surface area contributed by atoms with Crippen molar-refractivity contribution in [2.24, 2.45) is 7.05 Å². The summed E-state index contributed by atoms with van der Waals surface area (Å²) in [5, 5.41) is 4.36. The maximum absolute atomic E-state index is 12.8. The Hall–Kier alpha value is -2.10. The molecule has 1 aromatic carbocycles. The molecule has 0 aliphatic rings. The van der Waals surface area contributed by atoms with Crippen molar-refractivity contribution in [3.8, 4) is 0 Å². The van der Waals surface area contributed by atoms with Crippen molar-refractivity contribution in [3.63, 3.8) is 0 Å². The standard InChI is InChI=1S/C17H23N3O.C2H6/c1-12-13(2)20(6)18-15(12)16(21)19(5)17(3,4)14-10-8-7-9-11-14;1-2/h7-11H,1-6H3;1-2H3. The maximum Gasteiger partial charge on any atom is 0.275 e. The molecule has 0 spiro atoms. The lowest BCUT2D eigenvalue weighted by atomic mass is 9.92. The van der Waals surface area contributed by atoms with Crippen LogP contribution in [0.3, 0.4) is 0 Å². The minimum atomic E-state index is -0.393. The summed E-state index contributed by atoms with van der Waals surface area (Å²) in [5.41, 5.74) is 3.20. The number of aromatic nitrogens is 2. The first kappa shape index (κ1) is 18.9. The first-order valence-electron chi connectivity index (χ1n) is 8.10. The van der Waals surface area contributed by atoms with E-state index in [2.05, 4.69) is 5.10 Å². The molecule has 0 unspecified atom stereocenters. The molecule has 1 amide bonds. The number of hydrogen-bond donors (Lipinski definition) is 0. The monoisotopic (exact) mass is 315 g/mol. The van der Waals surface area contributed by atoms with E-state index in [-0.39, 0.29) is 5.91 Å². The van der Waals surface area contributed by atoms with E-state index in [9.17, 15) is 4.79 Å². The van der Waals surface area contributed by atoms with Crippen LogP contribution in [0.2, 0.25) is 0 Å². The molecule has 0 bridgehead atoms. The Bertz CT molecular complexity index is 657. The van der Waals surface area contributed by atoms with Crippen LogP contribution in [0, 0.1) is 13.8 Å². The predicted molar refractivity (Wildman–Crippen MR) is 95.6 cm³/mol. The van der Waals surface area contributed by atoms with E-state index in [1.54, 1.807) is 9.58 Å². The molecule has 1 heterocycles. The highest BCUT2D eigenvalue weighted by molar-refractivity contribution is 5.94. The van der Waals surface area contributed by atoms with E-state index in [0.717, 1.165) is 16.8 Å². The predicted octanol–water partition coefficient (Wildman–Crippen LogP) is 4.07. The Morgan fingerprint density at radius 1 is 1.13 bits per heavy atom. The Kier molecular flexibility index (Phi) is 6.13. The molecule has 2 aromatic rings. The second kappa shape index (κ2) is 7.44. The first-order chi connectivity index (χ1) is 10.8. The molecular formula is C19H29N3O. The Morgan fingerprint density at radius 3 is 2.09 bits per heavy atom. The van der Waals surface area contributed by atoms with Gasteiger partial charge in [-0.3, -0.25) is 9.48 Å². The number of amides is 1. The van der Waals surface area contributed by atoms with Crippen LogP contribution in [-0.4, -0.2) is 27.6 Å². The van der Waals surface area contributed by atoms with E-state index in [1.165, 1.54) is 0 Å². The second-order valence-corrected chi connectivity index (χ2v) is 5.97. The van der Waals surface area contributed by atoms with Crippen molar-refractivity contribution < 1.29 is 4.79 Å². The number of aryl methyl sites for hydroxylation is 1. The molecule has 2 rings (SSSR count). The van der Waals surface area contributed by atoms with Crippen LogP contribution >= 0.6 is 0 Å². The molecule has 0 fully saturated rings. The molecule has 0 atom stereocenters. The van der Waals surface area contributed by atoms with Gasteiger partial charge in [0.05, 0.1) is 5.54 Å². The van der Waals surface area contributed by atoms with Crippen LogP contribution in [0.25, 0.3) is 0 Å². The molecule has 0 radical (unpaired) electrons. The van der Waals surface area contributed by atoms with Crippen molar-refractivity contribution in [2.45, 2.75) is 47.1 Å². The van der Waals surface area contributed by atoms with E-state index in [1.807, 2.05) is 86.0 Å². The van der Waals surface area contributed by atoms with Crippen LogP contribution in [-0.2, 0) is 12.6 Å². The normalized spacial score (nSPS) is 10.8. The largest absolute Gasteiger partial charge is 0.331 e. The summed E-state index contributed by atoms with van der Waals surface area (Å²) >= 11 is 0. The molecule has 0 saturated heterocycles. The summed E-state index contributed by atoms with van der Waals surface area (Å²) in [6.07, 6.45) is 0. The topological polar surface area (TPSA) is 38.1 Å². The Labute approximate surface area is 140 Å². The van der Waals surface area contributed by atoms with Gasteiger partial charge in [0.1, 0.15) is 0 Å². The highest BCUT2D eigenvalue weighted by Crippen LogP contribution is 2.28. The van der Waals surface area contributed by atoms with E-state index in [0.29, 0.717) is 5.69 Å². The molecule has 0 aliphatic heterocycles. The van der Waals surface area contributed by atoms with Gasteiger partial charge in [-0.1, -0.05) is 44.2 Å². The van der Waals surface area contributed by atoms with Crippen LogP contribution in [0.5, 0.6) is 0 Å². The average molecular weight is 315 g/mol. The van der Waals surface area contributed by atoms with Gasteiger partial charge in [-0.25, -0.2) is 0 Å². The molecule has 0 aliphatic carbocycles. The van der Waals surface area contributed by atoms with Gasteiger partial charge < -0.3 is 4.90 Å². The molecular weight excluding hydrogens is 286 g/mol. The summed E-state index contributed by atoms with van der Waals surface area (Å²) in [4.78, 5) is 14.6. The highest BCUT2D eigenvalue weighted by Gasteiger charge is 2.32. The Balaban J connectivity index is 0.00000127. The van der Waals surface area contributed by atoms with Crippen LogP contribution in [0.4, 0.5) is 0 Å². The zero-order valence-corrected chi connectivity index (χ0v) is 15.6. The smallest absolute Gasteiger partial charge is 0.275 e. The maximum atomic E-state index is 12.8. The van der Waals surface area contributed by atoms with Crippen LogP contribution in [0.1, 0.15) is 55.0 Å². The number of hydrogen-bond acceptors (Lipinski definition) is 2. The zero-order chi connectivity index (χ0) is 17.8. The van der Waals surface area contributed by atoms with Gasteiger partial charge in [-0.05, 0) is 33.3 Å². The van der Waals surface area contributed by atoms with Gasteiger partial charge in [0.15, 0.2) is 5.69 Å². The van der Waals surface area contributed by atoms with Gasteiger partial charge in [0.25, 0.3) is 5.91 Å². The van der Waals surface area contributed by atoms with Gasteiger partial charge >= 0.3 is 0 Å². The Morgan fingerprint density at radius 2 is 1.65 bits per heavy atom. The number of benzene rings is 1. The summed E-state index contributed by atoms with van der Waals surface area (Å²) < 4.78 is 1.76. The summed E-state index contributed by atoms with van der Waals surface area (Å²) in [6.45, 7) is 12.0. The quantitative estimate of drug-likeness (QED) is 0.856. The fraction of sp³-hybridized carbons (Fsp3) is 0.474. The number of nitrogens with zero attached hydrogens (tertiary/aromatic N) is 3. The second-order valence-electron chi connectivity index (χ2n) is 5.97. The minimum Gasteiger partial charge on any atom is -0.331 e.